The molecule has 0 saturated heterocycles. The Morgan fingerprint density at radius 3 is 2.52 bits per heavy atom. The molecule has 0 unspecified atom stereocenters. The molecule has 0 aliphatic carbocycles. The average Bonchev–Trinajstić information content (AvgIpc) is 3.01. The van der Waals surface area contributed by atoms with Gasteiger partial charge in [0.15, 0.2) is 0 Å². The maximum Gasteiger partial charge on any atom is 0.240 e. The molecule has 2 aromatic rings. The second-order valence-corrected chi connectivity index (χ2v) is 7.03. The highest BCUT2D eigenvalue weighted by molar-refractivity contribution is 7.89. The van der Waals surface area contributed by atoms with Crippen LogP contribution in [0.5, 0.6) is 0 Å². The third-order valence-electron chi connectivity index (χ3n) is 3.32. The Bertz CT molecular complexity index is 737. The highest BCUT2D eigenvalue weighted by Gasteiger charge is 2.15. The van der Waals surface area contributed by atoms with Gasteiger partial charge in [0.2, 0.25) is 15.9 Å². The Morgan fingerprint density at radius 2 is 1.91 bits per heavy atom. The summed E-state index contributed by atoms with van der Waals surface area (Å²) >= 11 is 0. The van der Waals surface area contributed by atoms with Gasteiger partial charge in [0.25, 0.3) is 0 Å². The first-order valence-corrected chi connectivity index (χ1v) is 8.76. The molecule has 0 saturated carbocycles. The van der Waals surface area contributed by atoms with E-state index in [1.54, 1.807) is 31.2 Å². The SMILES string of the molecule is Cc1ccc(S(=O)(=O)NCCC(=O)N[C@@H](C)c2ccco2)cc1. The molecular weight excluding hydrogens is 316 g/mol. The summed E-state index contributed by atoms with van der Waals surface area (Å²) in [5.74, 6) is 0.402. The molecule has 0 spiro atoms. The van der Waals surface area contributed by atoms with Crippen molar-refractivity contribution in [2.75, 3.05) is 6.54 Å². The predicted octanol–water partition coefficient (Wildman–Crippen LogP) is 2.13. The third-order valence-corrected chi connectivity index (χ3v) is 4.80. The Kier molecular flexibility index (Phi) is 5.57. The number of rotatable bonds is 7. The summed E-state index contributed by atoms with van der Waals surface area (Å²) in [6.45, 7) is 3.72. The van der Waals surface area contributed by atoms with Crippen molar-refractivity contribution in [3.63, 3.8) is 0 Å². The van der Waals surface area contributed by atoms with Crippen LogP contribution in [0.1, 0.15) is 30.7 Å². The number of nitrogens with one attached hydrogen (secondary N) is 2. The number of hydrogen-bond donors (Lipinski definition) is 2. The van der Waals surface area contributed by atoms with Gasteiger partial charge < -0.3 is 9.73 Å². The van der Waals surface area contributed by atoms with E-state index in [1.165, 1.54) is 18.4 Å². The number of carbonyl (C=O) groups is 1. The molecule has 1 aromatic heterocycles. The van der Waals surface area contributed by atoms with Gasteiger partial charge in [-0.25, -0.2) is 13.1 Å². The Balaban J connectivity index is 1.82. The fourth-order valence-corrected chi connectivity index (χ4v) is 3.05. The first-order chi connectivity index (χ1) is 10.9. The van der Waals surface area contributed by atoms with Gasteiger partial charge in [0.05, 0.1) is 17.2 Å². The van der Waals surface area contributed by atoms with Crippen molar-refractivity contribution in [3.8, 4) is 0 Å². The summed E-state index contributed by atoms with van der Waals surface area (Å²) < 4.78 is 31.8. The van der Waals surface area contributed by atoms with Crippen LogP contribution in [0, 0.1) is 6.92 Å². The lowest BCUT2D eigenvalue weighted by Crippen LogP contribution is -2.32. The van der Waals surface area contributed by atoms with Crippen LogP contribution in [0.3, 0.4) is 0 Å². The quantitative estimate of drug-likeness (QED) is 0.811. The van der Waals surface area contributed by atoms with Crippen LogP contribution < -0.4 is 10.0 Å². The van der Waals surface area contributed by atoms with Gasteiger partial charge in [-0.15, -0.1) is 0 Å². The van der Waals surface area contributed by atoms with Crippen molar-refractivity contribution < 1.29 is 17.6 Å². The lowest BCUT2D eigenvalue weighted by atomic mass is 10.2. The first-order valence-electron chi connectivity index (χ1n) is 7.27. The summed E-state index contributed by atoms with van der Waals surface area (Å²) in [7, 11) is -3.59. The summed E-state index contributed by atoms with van der Waals surface area (Å²) in [5, 5.41) is 2.75. The number of benzene rings is 1. The largest absolute Gasteiger partial charge is 0.467 e. The molecule has 1 aromatic carbocycles. The second-order valence-electron chi connectivity index (χ2n) is 5.27. The van der Waals surface area contributed by atoms with E-state index in [1.807, 2.05) is 6.92 Å². The lowest BCUT2D eigenvalue weighted by molar-refractivity contribution is -0.121. The van der Waals surface area contributed by atoms with Crippen molar-refractivity contribution in [1.82, 2.24) is 10.0 Å². The smallest absolute Gasteiger partial charge is 0.240 e. The maximum absolute atomic E-state index is 12.1. The predicted molar refractivity (Wildman–Crippen MR) is 86.3 cm³/mol. The Hall–Kier alpha value is -2.12. The van der Waals surface area contributed by atoms with Gasteiger partial charge in [-0.3, -0.25) is 4.79 Å². The number of carbonyl (C=O) groups excluding carboxylic acids is 1. The molecule has 124 valence electrons. The first kappa shape index (κ1) is 17.2. The average molecular weight is 336 g/mol. The Morgan fingerprint density at radius 1 is 1.22 bits per heavy atom. The minimum absolute atomic E-state index is 0.0346. The molecule has 1 atom stereocenters. The number of amides is 1. The van der Waals surface area contributed by atoms with E-state index >= 15 is 0 Å². The third kappa shape index (κ3) is 4.94. The zero-order valence-electron chi connectivity index (χ0n) is 13.1. The molecule has 0 aliphatic heterocycles. The van der Waals surface area contributed by atoms with Crippen molar-refractivity contribution in [2.45, 2.75) is 31.2 Å². The lowest BCUT2D eigenvalue weighted by Gasteiger charge is -2.12. The van der Waals surface area contributed by atoms with Crippen LogP contribution in [-0.4, -0.2) is 20.9 Å². The van der Waals surface area contributed by atoms with Gasteiger partial charge in [0.1, 0.15) is 5.76 Å². The standard InChI is InChI=1S/C16H20N2O4S/c1-12-5-7-14(8-6-12)23(20,21)17-10-9-16(19)18-13(2)15-4-3-11-22-15/h3-8,11,13,17H,9-10H2,1-2H3,(H,18,19)/t13-/m0/s1. The monoisotopic (exact) mass is 336 g/mol. The van der Waals surface area contributed by atoms with Crippen molar-refractivity contribution in [3.05, 3.63) is 54.0 Å². The van der Waals surface area contributed by atoms with Crippen LogP contribution in [0.15, 0.2) is 52.0 Å². The van der Waals surface area contributed by atoms with Crippen LogP contribution in [-0.2, 0) is 14.8 Å². The van der Waals surface area contributed by atoms with Gasteiger partial charge in [-0.2, -0.15) is 0 Å². The summed E-state index contributed by atoms with van der Waals surface area (Å²) in [5.41, 5.74) is 0.982. The van der Waals surface area contributed by atoms with Crippen LogP contribution in [0.25, 0.3) is 0 Å². The zero-order valence-corrected chi connectivity index (χ0v) is 13.9. The van der Waals surface area contributed by atoms with Crippen LogP contribution in [0.4, 0.5) is 0 Å². The fraction of sp³-hybridized carbons (Fsp3) is 0.312. The molecular formula is C16H20N2O4S. The number of hydrogen-bond acceptors (Lipinski definition) is 4. The molecule has 0 fully saturated rings. The summed E-state index contributed by atoms with van der Waals surface area (Å²) in [6.07, 6.45) is 1.59. The van der Waals surface area contributed by atoms with E-state index < -0.39 is 10.0 Å². The minimum Gasteiger partial charge on any atom is -0.467 e. The molecule has 0 bridgehead atoms. The highest BCUT2D eigenvalue weighted by atomic mass is 32.2. The zero-order chi connectivity index (χ0) is 16.9. The van der Waals surface area contributed by atoms with Crippen molar-refractivity contribution >= 4 is 15.9 Å². The highest BCUT2D eigenvalue weighted by Crippen LogP contribution is 2.12. The molecule has 0 radical (unpaired) electrons. The number of sulfonamides is 1. The molecule has 1 amide bonds. The molecule has 6 nitrogen and oxygen atoms in total. The summed E-state index contributed by atoms with van der Waals surface area (Å²) in [4.78, 5) is 12.0. The molecule has 23 heavy (non-hydrogen) atoms. The molecule has 1 heterocycles. The van der Waals surface area contributed by atoms with Gasteiger partial charge in [-0.1, -0.05) is 17.7 Å². The Labute approximate surface area is 135 Å². The second kappa shape index (κ2) is 7.43. The van der Waals surface area contributed by atoms with Crippen molar-refractivity contribution in [1.29, 1.82) is 0 Å². The normalized spacial score (nSPS) is 12.8. The summed E-state index contributed by atoms with van der Waals surface area (Å²) in [6, 6.07) is 9.79. The van der Waals surface area contributed by atoms with Crippen LogP contribution in [0.2, 0.25) is 0 Å². The topological polar surface area (TPSA) is 88.4 Å². The van der Waals surface area contributed by atoms with Gasteiger partial charge >= 0.3 is 0 Å². The van der Waals surface area contributed by atoms with Gasteiger partial charge in [-0.05, 0) is 38.1 Å². The van der Waals surface area contributed by atoms with Crippen molar-refractivity contribution in [2.24, 2.45) is 0 Å². The maximum atomic E-state index is 12.1. The molecule has 7 heteroatoms. The number of aryl methyl sites for hydroxylation is 1. The molecule has 0 aliphatic rings. The minimum atomic E-state index is -3.59. The van der Waals surface area contributed by atoms with E-state index in [9.17, 15) is 13.2 Å². The van der Waals surface area contributed by atoms with Crippen LogP contribution >= 0.6 is 0 Å². The van der Waals surface area contributed by atoms with E-state index in [0.29, 0.717) is 5.76 Å². The number of furan rings is 1. The van der Waals surface area contributed by atoms with E-state index in [-0.39, 0.29) is 29.8 Å². The van der Waals surface area contributed by atoms with E-state index in [0.717, 1.165) is 5.56 Å². The van der Waals surface area contributed by atoms with Gasteiger partial charge in [0, 0.05) is 13.0 Å². The van der Waals surface area contributed by atoms with E-state index in [4.69, 9.17) is 4.42 Å². The van der Waals surface area contributed by atoms with E-state index in [2.05, 4.69) is 10.0 Å². The molecule has 2 N–H and O–H groups in total. The fourth-order valence-electron chi connectivity index (χ4n) is 2.02. The molecule has 2 rings (SSSR count).